The number of hydrogen-bond donors (Lipinski definition) is 2. The highest BCUT2D eigenvalue weighted by Gasteiger charge is 2.27. The first-order valence-electron chi connectivity index (χ1n) is 6.24. The van der Waals surface area contributed by atoms with Crippen LogP contribution < -0.4 is 16.0 Å². The smallest absolute Gasteiger partial charge is 0.222 e. The van der Waals surface area contributed by atoms with Crippen LogP contribution in [0.1, 0.15) is 12.8 Å². The molecule has 4 nitrogen and oxygen atoms in total. The van der Waals surface area contributed by atoms with Crippen LogP contribution in [0.15, 0.2) is 12.1 Å². The Hall–Kier alpha value is -1.85. The summed E-state index contributed by atoms with van der Waals surface area (Å²) in [7, 11) is 1.59. The number of hydrogen-bond acceptors (Lipinski definition) is 3. The molecule has 104 valence electrons. The second kappa shape index (κ2) is 5.42. The molecule has 0 unspecified atom stereocenters. The van der Waals surface area contributed by atoms with Gasteiger partial charge in [0.25, 0.3) is 0 Å². The lowest BCUT2D eigenvalue weighted by Gasteiger charge is -2.33. The molecule has 0 spiro atoms. The molecule has 0 atom stereocenters. The molecule has 0 aromatic heterocycles. The maximum atomic E-state index is 13.8. The minimum atomic E-state index is -0.657. The standard InChI is InChI=1S/C13H17F2N3O/c1-17-13(19)8-2-4-18(5-3-8)12-10(14)6-9(16)7-11(12)15/h6-8H,2-5,16H2,1H3,(H,17,19). The number of nitrogens with zero attached hydrogens (tertiary/aromatic N) is 1. The SMILES string of the molecule is CNC(=O)C1CCN(c2c(F)cc(N)cc2F)CC1. The van der Waals surface area contributed by atoms with Crippen molar-refractivity contribution in [2.45, 2.75) is 12.8 Å². The minimum Gasteiger partial charge on any atom is -0.399 e. The molecule has 1 heterocycles. The van der Waals surface area contributed by atoms with Crippen molar-refractivity contribution in [3.63, 3.8) is 0 Å². The van der Waals surface area contributed by atoms with Crippen LogP contribution in [0.4, 0.5) is 20.2 Å². The van der Waals surface area contributed by atoms with E-state index in [1.807, 2.05) is 0 Å². The third-order valence-electron chi connectivity index (χ3n) is 3.47. The van der Waals surface area contributed by atoms with E-state index >= 15 is 0 Å². The molecule has 1 amide bonds. The molecular formula is C13H17F2N3O. The molecule has 1 saturated heterocycles. The van der Waals surface area contributed by atoms with Crippen molar-refractivity contribution in [3.8, 4) is 0 Å². The van der Waals surface area contributed by atoms with Gasteiger partial charge in [-0.05, 0) is 25.0 Å². The van der Waals surface area contributed by atoms with Crippen molar-refractivity contribution < 1.29 is 13.6 Å². The Labute approximate surface area is 110 Å². The third-order valence-corrected chi connectivity index (χ3v) is 3.47. The van der Waals surface area contributed by atoms with Crippen LogP contribution in [0.3, 0.4) is 0 Å². The molecule has 1 fully saturated rings. The van der Waals surface area contributed by atoms with Crippen LogP contribution in [0.25, 0.3) is 0 Å². The summed E-state index contributed by atoms with van der Waals surface area (Å²) in [5.41, 5.74) is 5.40. The Morgan fingerprint density at radius 1 is 1.32 bits per heavy atom. The van der Waals surface area contributed by atoms with Crippen molar-refractivity contribution in [2.75, 3.05) is 30.8 Å². The fourth-order valence-corrected chi connectivity index (χ4v) is 2.46. The van der Waals surface area contributed by atoms with Crippen LogP contribution in [-0.4, -0.2) is 26.0 Å². The molecular weight excluding hydrogens is 252 g/mol. The Morgan fingerprint density at radius 2 is 1.84 bits per heavy atom. The summed E-state index contributed by atoms with van der Waals surface area (Å²) in [6.07, 6.45) is 1.17. The fourth-order valence-electron chi connectivity index (χ4n) is 2.46. The topological polar surface area (TPSA) is 58.4 Å². The lowest BCUT2D eigenvalue weighted by molar-refractivity contribution is -0.125. The van der Waals surface area contributed by atoms with E-state index in [1.165, 1.54) is 0 Å². The first-order valence-corrected chi connectivity index (χ1v) is 6.24. The van der Waals surface area contributed by atoms with Crippen LogP contribution >= 0.6 is 0 Å². The Morgan fingerprint density at radius 3 is 2.32 bits per heavy atom. The Bertz CT molecular complexity index is 462. The average Bonchev–Trinajstić information content (AvgIpc) is 2.37. The minimum absolute atomic E-state index is 0.0158. The monoisotopic (exact) mass is 269 g/mol. The molecule has 0 saturated carbocycles. The molecule has 19 heavy (non-hydrogen) atoms. The zero-order valence-corrected chi connectivity index (χ0v) is 10.7. The van der Waals surface area contributed by atoms with E-state index in [2.05, 4.69) is 5.32 Å². The number of amides is 1. The molecule has 1 aromatic carbocycles. The normalized spacial score (nSPS) is 16.5. The number of carbonyl (C=O) groups is 1. The average molecular weight is 269 g/mol. The Balaban J connectivity index is 2.12. The van der Waals surface area contributed by atoms with Gasteiger partial charge in [-0.2, -0.15) is 0 Å². The van der Waals surface area contributed by atoms with E-state index in [0.29, 0.717) is 25.9 Å². The zero-order chi connectivity index (χ0) is 14.0. The second-order valence-electron chi connectivity index (χ2n) is 4.71. The number of nitrogens with two attached hydrogens (primary N) is 1. The van der Waals surface area contributed by atoms with Gasteiger partial charge in [0.2, 0.25) is 5.91 Å². The first-order chi connectivity index (χ1) is 9.02. The van der Waals surface area contributed by atoms with Gasteiger partial charge in [-0.15, -0.1) is 0 Å². The van der Waals surface area contributed by atoms with Gasteiger partial charge in [0, 0.05) is 31.7 Å². The predicted octanol–water partition coefficient (Wildman–Crippen LogP) is 1.51. The van der Waals surface area contributed by atoms with E-state index in [-0.39, 0.29) is 23.2 Å². The lowest BCUT2D eigenvalue weighted by atomic mass is 9.95. The van der Waals surface area contributed by atoms with Crippen LogP contribution in [0.5, 0.6) is 0 Å². The highest BCUT2D eigenvalue weighted by Crippen LogP contribution is 2.29. The maximum Gasteiger partial charge on any atom is 0.222 e. The number of anilines is 2. The molecule has 3 N–H and O–H groups in total. The van der Waals surface area contributed by atoms with Crippen molar-refractivity contribution >= 4 is 17.3 Å². The summed E-state index contributed by atoms with van der Waals surface area (Å²) in [5.74, 6) is -1.41. The molecule has 6 heteroatoms. The zero-order valence-electron chi connectivity index (χ0n) is 10.7. The van der Waals surface area contributed by atoms with Gasteiger partial charge < -0.3 is 16.0 Å². The number of piperidine rings is 1. The summed E-state index contributed by atoms with van der Waals surface area (Å²) < 4.78 is 27.6. The summed E-state index contributed by atoms with van der Waals surface area (Å²) in [6, 6.07) is 2.23. The molecule has 0 aliphatic carbocycles. The van der Waals surface area contributed by atoms with Gasteiger partial charge in [-0.3, -0.25) is 4.79 Å². The molecule has 2 rings (SSSR count). The summed E-state index contributed by atoms with van der Waals surface area (Å²) in [6.45, 7) is 0.908. The molecule has 1 aliphatic rings. The maximum absolute atomic E-state index is 13.8. The van der Waals surface area contributed by atoms with E-state index in [9.17, 15) is 13.6 Å². The van der Waals surface area contributed by atoms with Crippen LogP contribution in [0, 0.1) is 17.6 Å². The van der Waals surface area contributed by atoms with E-state index in [4.69, 9.17) is 5.73 Å². The number of carbonyl (C=O) groups excluding carboxylic acids is 1. The number of rotatable bonds is 2. The predicted molar refractivity (Wildman–Crippen MR) is 69.8 cm³/mol. The molecule has 1 aliphatic heterocycles. The quantitative estimate of drug-likeness (QED) is 0.800. The van der Waals surface area contributed by atoms with Crippen LogP contribution in [-0.2, 0) is 4.79 Å². The van der Waals surface area contributed by atoms with Crippen molar-refractivity contribution in [3.05, 3.63) is 23.8 Å². The van der Waals surface area contributed by atoms with Gasteiger partial charge in [0.15, 0.2) is 11.6 Å². The molecule has 1 aromatic rings. The van der Waals surface area contributed by atoms with E-state index in [1.54, 1.807) is 11.9 Å². The fraction of sp³-hybridized carbons (Fsp3) is 0.462. The summed E-state index contributed by atoms with van der Waals surface area (Å²) in [5, 5.41) is 2.60. The number of nitrogens with one attached hydrogen (secondary N) is 1. The Kier molecular flexibility index (Phi) is 3.87. The number of halogens is 2. The van der Waals surface area contributed by atoms with Gasteiger partial charge in [-0.1, -0.05) is 0 Å². The number of nitrogen functional groups attached to an aromatic ring is 1. The summed E-state index contributed by atoms with van der Waals surface area (Å²) >= 11 is 0. The van der Waals surface area contributed by atoms with Gasteiger partial charge in [0.05, 0.1) is 0 Å². The van der Waals surface area contributed by atoms with Crippen molar-refractivity contribution in [2.24, 2.45) is 5.92 Å². The molecule has 0 bridgehead atoms. The highest BCUT2D eigenvalue weighted by atomic mass is 19.1. The van der Waals surface area contributed by atoms with E-state index < -0.39 is 11.6 Å². The number of benzene rings is 1. The van der Waals surface area contributed by atoms with Crippen molar-refractivity contribution in [1.82, 2.24) is 5.32 Å². The van der Waals surface area contributed by atoms with Gasteiger partial charge >= 0.3 is 0 Å². The van der Waals surface area contributed by atoms with Crippen LogP contribution in [0.2, 0.25) is 0 Å². The second-order valence-corrected chi connectivity index (χ2v) is 4.71. The summed E-state index contributed by atoms with van der Waals surface area (Å²) in [4.78, 5) is 13.1. The third kappa shape index (κ3) is 2.77. The van der Waals surface area contributed by atoms with Gasteiger partial charge in [0.1, 0.15) is 5.69 Å². The van der Waals surface area contributed by atoms with Gasteiger partial charge in [-0.25, -0.2) is 8.78 Å². The van der Waals surface area contributed by atoms with Crippen molar-refractivity contribution in [1.29, 1.82) is 0 Å². The lowest BCUT2D eigenvalue weighted by Crippen LogP contribution is -2.40. The molecule has 0 radical (unpaired) electrons. The first kappa shape index (κ1) is 13.6. The largest absolute Gasteiger partial charge is 0.399 e. The highest BCUT2D eigenvalue weighted by molar-refractivity contribution is 5.78. The van der Waals surface area contributed by atoms with E-state index in [0.717, 1.165) is 12.1 Å².